The van der Waals surface area contributed by atoms with E-state index in [4.69, 9.17) is 17.3 Å². The number of likely N-dealkylation sites (tertiary alicyclic amines) is 1. The van der Waals surface area contributed by atoms with Crippen molar-refractivity contribution in [3.63, 3.8) is 0 Å². The van der Waals surface area contributed by atoms with E-state index in [-0.39, 0.29) is 33.8 Å². The maximum Gasteiger partial charge on any atom is 0.271 e. The van der Waals surface area contributed by atoms with Crippen LogP contribution in [-0.2, 0) is 4.79 Å². The molecule has 2 unspecified atom stereocenters. The second-order valence-electron chi connectivity index (χ2n) is 6.32. The molecule has 126 valence electrons. The Bertz CT molecular complexity index is 625. The first-order chi connectivity index (χ1) is 10.8. The molecular formula is C15H21ClN4O3. The summed E-state index contributed by atoms with van der Waals surface area (Å²) in [5.41, 5.74) is 5.94. The third-order valence-electron chi connectivity index (χ3n) is 4.43. The van der Waals surface area contributed by atoms with E-state index in [0.29, 0.717) is 6.54 Å². The van der Waals surface area contributed by atoms with Gasteiger partial charge in [-0.15, -0.1) is 0 Å². The van der Waals surface area contributed by atoms with E-state index in [1.54, 1.807) is 0 Å². The third-order valence-corrected chi connectivity index (χ3v) is 4.76. The Labute approximate surface area is 139 Å². The SMILES string of the molecule is CC(C(=O)Nc1cc([N+](=O)[O-])ccc1Cl)N1CCC(C)(CN)C1. The molecule has 0 aliphatic carbocycles. The van der Waals surface area contributed by atoms with Gasteiger partial charge in [-0.05, 0) is 37.9 Å². The molecule has 0 bridgehead atoms. The lowest BCUT2D eigenvalue weighted by Crippen LogP contribution is -2.42. The number of benzene rings is 1. The number of nitrogens with two attached hydrogens (primary N) is 1. The smallest absolute Gasteiger partial charge is 0.271 e. The van der Waals surface area contributed by atoms with E-state index in [9.17, 15) is 14.9 Å². The number of nitrogens with zero attached hydrogens (tertiary/aromatic N) is 2. The van der Waals surface area contributed by atoms with Crippen molar-refractivity contribution in [2.75, 3.05) is 25.0 Å². The van der Waals surface area contributed by atoms with Crippen LogP contribution in [0.3, 0.4) is 0 Å². The molecule has 1 heterocycles. The van der Waals surface area contributed by atoms with Crippen LogP contribution >= 0.6 is 11.6 Å². The number of hydrogen-bond acceptors (Lipinski definition) is 5. The Hall–Kier alpha value is -1.70. The van der Waals surface area contributed by atoms with Gasteiger partial charge in [-0.3, -0.25) is 19.8 Å². The van der Waals surface area contributed by atoms with Crippen molar-refractivity contribution >= 4 is 28.9 Å². The number of halogens is 1. The molecule has 1 aromatic carbocycles. The molecule has 1 fully saturated rings. The van der Waals surface area contributed by atoms with Crippen molar-refractivity contribution in [3.8, 4) is 0 Å². The molecule has 2 rings (SSSR count). The van der Waals surface area contributed by atoms with Crippen molar-refractivity contribution in [2.24, 2.45) is 11.1 Å². The highest BCUT2D eigenvalue weighted by Crippen LogP contribution is 2.31. The Kier molecular flexibility index (Phi) is 5.23. The van der Waals surface area contributed by atoms with Crippen molar-refractivity contribution in [2.45, 2.75) is 26.3 Å². The molecule has 8 heteroatoms. The summed E-state index contributed by atoms with van der Waals surface area (Å²) in [6.07, 6.45) is 0.943. The van der Waals surface area contributed by atoms with Gasteiger partial charge in [0.2, 0.25) is 5.91 Å². The van der Waals surface area contributed by atoms with Crippen LogP contribution in [0.2, 0.25) is 5.02 Å². The van der Waals surface area contributed by atoms with E-state index in [2.05, 4.69) is 17.1 Å². The van der Waals surface area contributed by atoms with Gasteiger partial charge in [-0.1, -0.05) is 18.5 Å². The molecule has 1 aliphatic heterocycles. The molecule has 1 aliphatic rings. The van der Waals surface area contributed by atoms with Crippen LogP contribution in [0.4, 0.5) is 11.4 Å². The van der Waals surface area contributed by atoms with Gasteiger partial charge >= 0.3 is 0 Å². The monoisotopic (exact) mass is 340 g/mol. The van der Waals surface area contributed by atoms with E-state index < -0.39 is 4.92 Å². The molecular weight excluding hydrogens is 320 g/mol. The lowest BCUT2D eigenvalue weighted by molar-refractivity contribution is -0.384. The number of carbonyl (C=O) groups excluding carboxylic acids is 1. The normalized spacial score (nSPS) is 22.8. The lowest BCUT2D eigenvalue weighted by atomic mass is 9.90. The molecule has 2 atom stereocenters. The van der Waals surface area contributed by atoms with Gasteiger partial charge in [0.1, 0.15) is 0 Å². The summed E-state index contributed by atoms with van der Waals surface area (Å²) in [5, 5.41) is 13.8. The minimum Gasteiger partial charge on any atom is -0.330 e. The molecule has 0 aromatic heterocycles. The van der Waals surface area contributed by atoms with Crippen LogP contribution in [0.25, 0.3) is 0 Å². The predicted octanol–water partition coefficient (Wildman–Crippen LogP) is 2.25. The summed E-state index contributed by atoms with van der Waals surface area (Å²) < 4.78 is 0. The molecule has 3 N–H and O–H groups in total. The first-order valence-electron chi connectivity index (χ1n) is 7.45. The Morgan fingerprint density at radius 1 is 1.61 bits per heavy atom. The van der Waals surface area contributed by atoms with Crippen LogP contribution in [0.15, 0.2) is 18.2 Å². The van der Waals surface area contributed by atoms with Crippen LogP contribution in [0.1, 0.15) is 20.3 Å². The van der Waals surface area contributed by atoms with Crippen molar-refractivity contribution in [1.82, 2.24) is 4.90 Å². The largest absolute Gasteiger partial charge is 0.330 e. The molecule has 0 radical (unpaired) electrons. The van der Waals surface area contributed by atoms with E-state index in [0.717, 1.165) is 19.5 Å². The van der Waals surface area contributed by atoms with Crippen LogP contribution in [0, 0.1) is 15.5 Å². The number of hydrogen-bond donors (Lipinski definition) is 2. The van der Waals surface area contributed by atoms with Gasteiger partial charge in [0.15, 0.2) is 0 Å². The summed E-state index contributed by atoms with van der Waals surface area (Å²) in [5.74, 6) is -0.242. The molecule has 0 saturated carbocycles. The molecule has 0 spiro atoms. The maximum atomic E-state index is 12.4. The number of nitro groups is 1. The molecule has 1 saturated heterocycles. The Morgan fingerprint density at radius 2 is 2.30 bits per heavy atom. The van der Waals surface area contributed by atoms with Crippen LogP contribution in [-0.4, -0.2) is 41.4 Å². The maximum absolute atomic E-state index is 12.4. The molecule has 1 aromatic rings. The fraction of sp³-hybridized carbons (Fsp3) is 0.533. The first kappa shape index (κ1) is 17.7. The number of rotatable bonds is 5. The van der Waals surface area contributed by atoms with Gasteiger partial charge in [0.25, 0.3) is 5.69 Å². The van der Waals surface area contributed by atoms with Crippen molar-refractivity contribution in [1.29, 1.82) is 0 Å². The minimum atomic E-state index is -0.525. The summed E-state index contributed by atoms with van der Waals surface area (Å²) in [4.78, 5) is 24.8. The number of non-ortho nitro benzene ring substituents is 1. The molecule has 1 amide bonds. The summed E-state index contributed by atoms with van der Waals surface area (Å²) in [6.45, 7) is 6.04. The second kappa shape index (κ2) is 6.82. The average molecular weight is 341 g/mol. The van der Waals surface area contributed by atoms with Crippen molar-refractivity contribution in [3.05, 3.63) is 33.3 Å². The number of nitrogens with one attached hydrogen (secondary N) is 1. The number of anilines is 1. The van der Waals surface area contributed by atoms with E-state index in [1.807, 2.05) is 6.92 Å². The third kappa shape index (κ3) is 3.99. The topological polar surface area (TPSA) is 101 Å². The summed E-state index contributed by atoms with van der Waals surface area (Å²) in [6, 6.07) is 3.61. The number of amides is 1. The molecule has 23 heavy (non-hydrogen) atoms. The lowest BCUT2D eigenvalue weighted by Gasteiger charge is -2.26. The van der Waals surface area contributed by atoms with Crippen LogP contribution in [0.5, 0.6) is 0 Å². The van der Waals surface area contributed by atoms with E-state index in [1.165, 1.54) is 18.2 Å². The highest BCUT2D eigenvalue weighted by Gasteiger charge is 2.36. The number of nitro benzene ring substituents is 1. The van der Waals surface area contributed by atoms with Crippen LogP contribution < -0.4 is 11.1 Å². The zero-order valence-corrected chi connectivity index (χ0v) is 14.0. The second-order valence-corrected chi connectivity index (χ2v) is 6.73. The standard InChI is InChI=1S/C15H21ClN4O3/c1-10(19-6-5-15(2,8-17)9-19)14(21)18-13-7-11(20(22)23)3-4-12(13)16/h3-4,7,10H,5-6,8-9,17H2,1-2H3,(H,18,21). The summed E-state index contributed by atoms with van der Waals surface area (Å²) >= 11 is 6.01. The quantitative estimate of drug-likeness (QED) is 0.632. The van der Waals surface area contributed by atoms with Gasteiger partial charge in [-0.2, -0.15) is 0 Å². The first-order valence-corrected chi connectivity index (χ1v) is 7.82. The average Bonchev–Trinajstić information content (AvgIpc) is 2.91. The zero-order valence-electron chi connectivity index (χ0n) is 13.2. The van der Waals surface area contributed by atoms with Gasteiger partial charge in [-0.25, -0.2) is 0 Å². The van der Waals surface area contributed by atoms with Gasteiger partial charge in [0, 0.05) is 18.7 Å². The highest BCUT2D eigenvalue weighted by molar-refractivity contribution is 6.33. The van der Waals surface area contributed by atoms with E-state index >= 15 is 0 Å². The Morgan fingerprint density at radius 3 is 2.87 bits per heavy atom. The van der Waals surface area contributed by atoms with Gasteiger partial charge in [0.05, 0.1) is 21.7 Å². The fourth-order valence-electron chi connectivity index (χ4n) is 2.68. The van der Waals surface area contributed by atoms with Gasteiger partial charge < -0.3 is 11.1 Å². The Balaban J connectivity index is 2.07. The number of carbonyl (C=O) groups is 1. The van der Waals surface area contributed by atoms with Crippen molar-refractivity contribution < 1.29 is 9.72 Å². The highest BCUT2D eigenvalue weighted by atomic mass is 35.5. The summed E-state index contributed by atoms with van der Waals surface area (Å²) in [7, 11) is 0. The molecule has 7 nitrogen and oxygen atoms in total. The minimum absolute atomic E-state index is 0.0255. The zero-order chi connectivity index (χ0) is 17.2. The fourth-order valence-corrected chi connectivity index (χ4v) is 2.85. The predicted molar refractivity (Wildman–Crippen MR) is 89.5 cm³/mol.